The van der Waals surface area contributed by atoms with E-state index in [1.807, 2.05) is 0 Å². The normalized spacial score (nSPS) is 63.4. The Bertz CT molecular complexity index is 311. The van der Waals surface area contributed by atoms with E-state index in [9.17, 15) is 0 Å². The Kier molecular flexibility index (Phi) is 1.68. The third kappa shape index (κ3) is 1.12. The second kappa shape index (κ2) is 2.70. The summed E-state index contributed by atoms with van der Waals surface area (Å²) in [6.45, 7) is 5.23. The first-order valence-electron chi connectivity index (χ1n) is 7.53. The summed E-state index contributed by atoms with van der Waals surface area (Å²) < 4.78 is 0. The summed E-state index contributed by atoms with van der Waals surface area (Å²) in [4.78, 5) is 0. The van der Waals surface area contributed by atoms with E-state index >= 15 is 0 Å². The Balaban J connectivity index is 1.80. The van der Waals surface area contributed by atoms with E-state index in [0.29, 0.717) is 0 Å². The van der Waals surface area contributed by atoms with Gasteiger partial charge in [-0.3, -0.25) is 0 Å². The molecule has 0 nitrogen and oxygen atoms in total. The molecule has 5 fully saturated rings. The topological polar surface area (TPSA) is 0 Å². The van der Waals surface area contributed by atoms with Crippen LogP contribution in [0, 0.1) is 28.1 Å². The molecule has 5 aliphatic carbocycles. The van der Waals surface area contributed by atoms with Gasteiger partial charge in [-0.05, 0) is 73.0 Å². The molecule has 5 aliphatic rings. The van der Waals surface area contributed by atoms with Crippen LogP contribution in [0.3, 0.4) is 0 Å². The minimum Gasteiger partial charge on any atom is -0.0596 e. The highest BCUT2D eigenvalue weighted by Crippen LogP contribution is 2.74. The largest absolute Gasteiger partial charge is 0.0596 e. The number of hydrogen-bond acceptors (Lipinski definition) is 0. The molecule has 1 spiro atoms. The molecular weight excluding hydrogens is 192 g/mol. The van der Waals surface area contributed by atoms with Gasteiger partial charge in [0.1, 0.15) is 0 Å². The summed E-state index contributed by atoms with van der Waals surface area (Å²) in [5.74, 6) is 2.26. The van der Waals surface area contributed by atoms with Crippen molar-refractivity contribution in [2.75, 3.05) is 0 Å². The van der Waals surface area contributed by atoms with Crippen molar-refractivity contribution in [2.45, 2.75) is 71.6 Å². The zero-order valence-electron chi connectivity index (χ0n) is 11.0. The lowest BCUT2D eigenvalue weighted by Gasteiger charge is -2.70. The van der Waals surface area contributed by atoms with Crippen LogP contribution in [0.1, 0.15) is 71.6 Å². The zero-order chi connectivity index (χ0) is 11.0. The molecule has 0 aliphatic heterocycles. The molecule has 5 rings (SSSR count). The summed E-state index contributed by atoms with van der Waals surface area (Å²) in [7, 11) is 0. The molecule has 0 aromatic carbocycles. The smallest absolute Gasteiger partial charge is 0.0256 e. The Morgan fingerprint density at radius 1 is 0.875 bits per heavy atom. The monoisotopic (exact) mass is 218 g/mol. The molecule has 90 valence electrons. The van der Waals surface area contributed by atoms with E-state index in [1.165, 1.54) is 12.8 Å². The van der Waals surface area contributed by atoms with Crippen molar-refractivity contribution in [1.82, 2.24) is 0 Å². The van der Waals surface area contributed by atoms with Gasteiger partial charge in [-0.25, -0.2) is 0 Å². The van der Waals surface area contributed by atoms with Gasteiger partial charge in [-0.2, -0.15) is 0 Å². The summed E-state index contributed by atoms with van der Waals surface area (Å²) >= 11 is 0. The van der Waals surface area contributed by atoms with Gasteiger partial charge in [0.2, 0.25) is 0 Å². The predicted octanol–water partition coefficient (Wildman–Crippen LogP) is 4.78. The van der Waals surface area contributed by atoms with Crippen molar-refractivity contribution in [3.05, 3.63) is 0 Å². The van der Waals surface area contributed by atoms with Gasteiger partial charge in [0.15, 0.2) is 0 Å². The van der Waals surface area contributed by atoms with Gasteiger partial charge in [0.05, 0.1) is 0 Å². The summed E-state index contributed by atoms with van der Waals surface area (Å²) in [6, 6.07) is 0. The standard InChI is InChI=1S/C16H26/c1-14-7-12-8-15(2,9-14)11-16(10-14)6-4-3-5-13(12)16/h12-13H,3-11H2,1-2H3. The van der Waals surface area contributed by atoms with Crippen molar-refractivity contribution < 1.29 is 0 Å². The van der Waals surface area contributed by atoms with Crippen LogP contribution in [-0.4, -0.2) is 0 Å². The Hall–Kier alpha value is 0. The van der Waals surface area contributed by atoms with Gasteiger partial charge in [0.25, 0.3) is 0 Å². The second-order valence-electron chi connectivity index (χ2n) is 8.53. The highest BCUT2D eigenvalue weighted by molar-refractivity contribution is 5.14. The summed E-state index contributed by atoms with van der Waals surface area (Å²) in [6.07, 6.45) is 14.1. The molecule has 0 amide bonds. The van der Waals surface area contributed by atoms with Gasteiger partial charge in [-0.1, -0.05) is 26.7 Å². The van der Waals surface area contributed by atoms with Crippen molar-refractivity contribution in [1.29, 1.82) is 0 Å². The molecule has 16 heavy (non-hydrogen) atoms. The van der Waals surface area contributed by atoms with E-state index in [2.05, 4.69) is 13.8 Å². The van der Waals surface area contributed by atoms with Crippen LogP contribution >= 0.6 is 0 Å². The van der Waals surface area contributed by atoms with Crippen LogP contribution in [0.2, 0.25) is 0 Å². The fraction of sp³-hybridized carbons (Fsp3) is 1.00. The van der Waals surface area contributed by atoms with E-state index in [4.69, 9.17) is 0 Å². The van der Waals surface area contributed by atoms with Crippen LogP contribution in [-0.2, 0) is 0 Å². The molecule has 0 heteroatoms. The molecular formula is C16H26. The fourth-order valence-corrected chi connectivity index (χ4v) is 7.34. The molecule has 0 aromatic rings. The first-order valence-corrected chi connectivity index (χ1v) is 7.53. The highest BCUT2D eigenvalue weighted by Gasteiger charge is 2.64. The lowest BCUT2D eigenvalue weighted by atomic mass is 9.35. The molecule has 3 atom stereocenters. The quantitative estimate of drug-likeness (QED) is 0.549. The average Bonchev–Trinajstić information content (AvgIpc) is 2.11. The van der Waals surface area contributed by atoms with Crippen LogP contribution in [0.4, 0.5) is 0 Å². The Labute approximate surface area is 100 Å². The lowest BCUT2D eigenvalue weighted by molar-refractivity contribution is -0.198. The first kappa shape index (κ1) is 9.97. The van der Waals surface area contributed by atoms with E-state index < -0.39 is 0 Å². The third-order valence-electron chi connectivity index (χ3n) is 6.72. The summed E-state index contributed by atoms with van der Waals surface area (Å²) in [5.41, 5.74) is 2.30. The van der Waals surface area contributed by atoms with E-state index in [0.717, 1.165) is 28.1 Å². The summed E-state index contributed by atoms with van der Waals surface area (Å²) in [5, 5.41) is 0. The van der Waals surface area contributed by atoms with Crippen molar-refractivity contribution >= 4 is 0 Å². The average molecular weight is 218 g/mol. The van der Waals surface area contributed by atoms with Crippen molar-refractivity contribution in [2.24, 2.45) is 28.1 Å². The van der Waals surface area contributed by atoms with Gasteiger partial charge in [-0.15, -0.1) is 0 Å². The maximum absolute atomic E-state index is 2.61. The molecule has 0 saturated heterocycles. The van der Waals surface area contributed by atoms with Crippen LogP contribution < -0.4 is 0 Å². The highest BCUT2D eigenvalue weighted by atomic mass is 14.7. The van der Waals surface area contributed by atoms with Crippen LogP contribution in [0.5, 0.6) is 0 Å². The fourth-order valence-electron chi connectivity index (χ4n) is 7.34. The maximum atomic E-state index is 2.61. The maximum Gasteiger partial charge on any atom is -0.0256 e. The van der Waals surface area contributed by atoms with Crippen LogP contribution in [0.25, 0.3) is 0 Å². The van der Waals surface area contributed by atoms with Gasteiger partial charge >= 0.3 is 0 Å². The molecule has 0 heterocycles. The third-order valence-corrected chi connectivity index (χ3v) is 6.72. The molecule has 0 N–H and O–H groups in total. The molecule has 5 saturated carbocycles. The molecule has 4 bridgehead atoms. The number of rotatable bonds is 0. The minimum absolute atomic E-state index is 0.740. The minimum atomic E-state index is 0.740. The number of hydrogen-bond donors (Lipinski definition) is 0. The predicted molar refractivity (Wildman–Crippen MR) is 67.2 cm³/mol. The lowest BCUT2D eigenvalue weighted by Crippen LogP contribution is -2.60. The van der Waals surface area contributed by atoms with Gasteiger partial charge in [0, 0.05) is 0 Å². The Morgan fingerprint density at radius 2 is 1.56 bits per heavy atom. The zero-order valence-corrected chi connectivity index (χ0v) is 11.0. The molecule has 0 aromatic heterocycles. The van der Waals surface area contributed by atoms with Crippen molar-refractivity contribution in [3.8, 4) is 0 Å². The second-order valence-corrected chi connectivity index (χ2v) is 8.53. The van der Waals surface area contributed by atoms with E-state index in [-0.39, 0.29) is 0 Å². The van der Waals surface area contributed by atoms with Crippen LogP contribution in [0.15, 0.2) is 0 Å². The van der Waals surface area contributed by atoms with E-state index in [1.54, 1.807) is 44.9 Å². The van der Waals surface area contributed by atoms with Gasteiger partial charge < -0.3 is 0 Å². The molecule has 0 radical (unpaired) electrons. The first-order chi connectivity index (χ1) is 7.53. The van der Waals surface area contributed by atoms with Crippen molar-refractivity contribution in [3.63, 3.8) is 0 Å². The Morgan fingerprint density at radius 3 is 2.25 bits per heavy atom. The SMILES string of the molecule is CC12CC3CC(C)(C1)CC1(CCCCC31)C2. The molecule has 3 unspecified atom stereocenters.